The summed E-state index contributed by atoms with van der Waals surface area (Å²) in [5, 5.41) is 7.84. The molecule has 1 atom stereocenters. The van der Waals surface area contributed by atoms with Crippen LogP contribution >= 0.6 is 0 Å². The molecule has 3 N–H and O–H groups in total. The molecule has 8 nitrogen and oxygen atoms in total. The molecule has 2 aliphatic heterocycles. The predicted octanol–water partition coefficient (Wildman–Crippen LogP) is -1.13. The van der Waals surface area contributed by atoms with Gasteiger partial charge in [-0.25, -0.2) is 13.6 Å². The molecule has 1 spiro atoms. The van der Waals surface area contributed by atoms with Crippen LogP contribution in [0.2, 0.25) is 0 Å². The van der Waals surface area contributed by atoms with Gasteiger partial charge in [-0.15, -0.1) is 0 Å². The third-order valence-corrected chi connectivity index (χ3v) is 5.76. The van der Waals surface area contributed by atoms with Crippen molar-refractivity contribution in [3.05, 3.63) is 0 Å². The summed E-state index contributed by atoms with van der Waals surface area (Å²) in [6, 6.07) is 0. The number of primary sulfonamides is 1. The number of carbonyl (C=O) groups excluding carboxylic acids is 2. The van der Waals surface area contributed by atoms with Crippen molar-refractivity contribution in [1.82, 2.24) is 15.1 Å². The number of nitrogens with one attached hydrogen (secondary N) is 1. The Morgan fingerprint density at radius 2 is 2.09 bits per heavy atom. The molecule has 132 valence electrons. The molecule has 0 aliphatic carbocycles. The van der Waals surface area contributed by atoms with Gasteiger partial charge in [-0.2, -0.15) is 0 Å². The van der Waals surface area contributed by atoms with E-state index in [2.05, 4.69) is 10.2 Å². The van der Waals surface area contributed by atoms with Crippen molar-refractivity contribution >= 4 is 21.8 Å². The standard InChI is InChI=1S/C14H26N4O4S/c1-17-8-9-18(13(20)3-2-10-23(15,21)22)11-14(17)5-4-12(19)16-7-6-14/h2-11H2,1H3,(H,16,19)(H2,15,21,22)/t14-/m0/s1. The molecule has 9 heteroatoms. The van der Waals surface area contributed by atoms with Crippen LogP contribution in [0, 0.1) is 0 Å². The van der Waals surface area contributed by atoms with Crippen molar-refractivity contribution in [3.63, 3.8) is 0 Å². The summed E-state index contributed by atoms with van der Waals surface area (Å²) in [5.74, 6) is -0.146. The molecule has 2 rings (SSSR count). The van der Waals surface area contributed by atoms with Crippen molar-refractivity contribution in [2.75, 3.05) is 39.0 Å². The van der Waals surface area contributed by atoms with E-state index in [1.165, 1.54) is 0 Å². The van der Waals surface area contributed by atoms with E-state index in [0.29, 0.717) is 26.1 Å². The Morgan fingerprint density at radius 1 is 1.35 bits per heavy atom. The minimum Gasteiger partial charge on any atom is -0.356 e. The number of nitrogens with two attached hydrogens (primary N) is 1. The molecule has 2 heterocycles. The molecule has 0 aromatic carbocycles. The van der Waals surface area contributed by atoms with Crippen LogP contribution in [0.1, 0.15) is 32.1 Å². The molecule has 0 aromatic rings. The van der Waals surface area contributed by atoms with Crippen molar-refractivity contribution < 1.29 is 18.0 Å². The van der Waals surface area contributed by atoms with E-state index in [0.717, 1.165) is 19.4 Å². The molecular formula is C14H26N4O4S. The number of piperazine rings is 1. The normalized spacial score (nSPS) is 26.9. The topological polar surface area (TPSA) is 113 Å². The largest absolute Gasteiger partial charge is 0.356 e. The highest BCUT2D eigenvalue weighted by Gasteiger charge is 2.41. The smallest absolute Gasteiger partial charge is 0.222 e. The highest BCUT2D eigenvalue weighted by Crippen LogP contribution is 2.30. The Bertz CT molecular complexity index is 565. The summed E-state index contributed by atoms with van der Waals surface area (Å²) in [5.41, 5.74) is -0.174. The molecule has 0 bridgehead atoms. The first-order valence-corrected chi connectivity index (χ1v) is 9.70. The van der Waals surface area contributed by atoms with Gasteiger partial charge in [0.15, 0.2) is 0 Å². The molecule has 0 radical (unpaired) electrons. The average molecular weight is 346 g/mol. The second kappa shape index (κ2) is 7.14. The van der Waals surface area contributed by atoms with Crippen LogP contribution in [0.25, 0.3) is 0 Å². The van der Waals surface area contributed by atoms with Gasteiger partial charge < -0.3 is 10.2 Å². The van der Waals surface area contributed by atoms with E-state index in [1.807, 2.05) is 7.05 Å². The molecule has 2 fully saturated rings. The Balaban J connectivity index is 1.96. The minimum absolute atomic E-state index is 0.0374. The lowest BCUT2D eigenvalue weighted by atomic mass is 9.86. The molecule has 2 amide bonds. The van der Waals surface area contributed by atoms with Crippen LogP contribution in [0.3, 0.4) is 0 Å². The Labute approximate surface area is 137 Å². The number of rotatable bonds is 4. The fourth-order valence-electron chi connectivity index (χ4n) is 3.39. The maximum atomic E-state index is 12.4. The van der Waals surface area contributed by atoms with Crippen molar-refractivity contribution in [2.45, 2.75) is 37.6 Å². The van der Waals surface area contributed by atoms with Crippen LogP contribution in [0.15, 0.2) is 0 Å². The van der Waals surface area contributed by atoms with Crippen LogP contribution in [0.5, 0.6) is 0 Å². The fraction of sp³-hybridized carbons (Fsp3) is 0.857. The zero-order valence-corrected chi connectivity index (χ0v) is 14.4. The lowest BCUT2D eigenvalue weighted by Crippen LogP contribution is -2.62. The summed E-state index contributed by atoms with van der Waals surface area (Å²) in [6.07, 6.45) is 2.45. The summed E-state index contributed by atoms with van der Waals surface area (Å²) in [7, 11) is -1.48. The number of hydrogen-bond donors (Lipinski definition) is 2. The van der Waals surface area contributed by atoms with E-state index in [9.17, 15) is 18.0 Å². The number of likely N-dealkylation sites (N-methyl/N-ethyl adjacent to an activating group) is 1. The highest BCUT2D eigenvalue weighted by molar-refractivity contribution is 7.89. The number of amides is 2. The van der Waals surface area contributed by atoms with Crippen LogP contribution in [-0.2, 0) is 19.6 Å². The molecule has 2 saturated heterocycles. The zero-order valence-electron chi connectivity index (χ0n) is 13.6. The van der Waals surface area contributed by atoms with Gasteiger partial charge >= 0.3 is 0 Å². The maximum absolute atomic E-state index is 12.4. The third kappa shape index (κ3) is 4.89. The monoisotopic (exact) mass is 346 g/mol. The van der Waals surface area contributed by atoms with Gasteiger partial charge in [0, 0.05) is 44.6 Å². The molecule has 0 unspecified atom stereocenters. The van der Waals surface area contributed by atoms with Gasteiger partial charge in [-0.1, -0.05) is 0 Å². The summed E-state index contributed by atoms with van der Waals surface area (Å²) in [6.45, 7) is 2.60. The third-order valence-electron chi connectivity index (χ3n) is 4.90. The van der Waals surface area contributed by atoms with Gasteiger partial charge in [0.2, 0.25) is 21.8 Å². The van der Waals surface area contributed by atoms with E-state index in [-0.39, 0.29) is 35.9 Å². The highest BCUT2D eigenvalue weighted by atomic mass is 32.2. The van der Waals surface area contributed by atoms with Crippen LogP contribution < -0.4 is 10.5 Å². The average Bonchev–Trinajstić information content (AvgIpc) is 2.64. The quantitative estimate of drug-likeness (QED) is 0.669. The molecule has 2 aliphatic rings. The van der Waals surface area contributed by atoms with Crippen LogP contribution in [0.4, 0.5) is 0 Å². The number of hydrogen-bond acceptors (Lipinski definition) is 5. The number of nitrogens with zero attached hydrogens (tertiary/aromatic N) is 2. The van der Waals surface area contributed by atoms with Crippen molar-refractivity contribution in [3.8, 4) is 0 Å². The van der Waals surface area contributed by atoms with Gasteiger partial charge in [-0.05, 0) is 26.3 Å². The van der Waals surface area contributed by atoms with Gasteiger partial charge in [0.25, 0.3) is 0 Å². The lowest BCUT2D eigenvalue weighted by molar-refractivity contribution is -0.136. The van der Waals surface area contributed by atoms with Crippen molar-refractivity contribution in [2.24, 2.45) is 5.14 Å². The van der Waals surface area contributed by atoms with E-state index < -0.39 is 10.0 Å². The maximum Gasteiger partial charge on any atom is 0.222 e. The first kappa shape index (κ1) is 18.2. The summed E-state index contributed by atoms with van der Waals surface area (Å²) in [4.78, 5) is 28.0. The molecule has 0 aromatic heterocycles. The van der Waals surface area contributed by atoms with Gasteiger partial charge in [0.05, 0.1) is 5.75 Å². The van der Waals surface area contributed by atoms with E-state index in [1.54, 1.807) is 4.90 Å². The van der Waals surface area contributed by atoms with Crippen molar-refractivity contribution in [1.29, 1.82) is 0 Å². The van der Waals surface area contributed by atoms with Gasteiger partial charge in [0.1, 0.15) is 0 Å². The second-order valence-electron chi connectivity index (χ2n) is 6.53. The Hall–Kier alpha value is -1.19. The molecular weight excluding hydrogens is 320 g/mol. The first-order valence-electron chi connectivity index (χ1n) is 7.98. The van der Waals surface area contributed by atoms with E-state index >= 15 is 0 Å². The Morgan fingerprint density at radius 3 is 2.78 bits per heavy atom. The first-order chi connectivity index (χ1) is 10.7. The number of carbonyl (C=O) groups is 2. The lowest BCUT2D eigenvalue weighted by Gasteiger charge is -2.49. The molecule has 23 heavy (non-hydrogen) atoms. The molecule has 0 saturated carbocycles. The fourth-order valence-corrected chi connectivity index (χ4v) is 3.94. The number of sulfonamides is 1. The summed E-state index contributed by atoms with van der Waals surface area (Å²) < 4.78 is 21.9. The SMILES string of the molecule is CN1CCN(C(=O)CCCS(N)(=O)=O)C[C@]12CCNC(=O)CC2. The van der Waals surface area contributed by atoms with E-state index in [4.69, 9.17) is 5.14 Å². The minimum atomic E-state index is -3.52. The second-order valence-corrected chi connectivity index (χ2v) is 8.27. The predicted molar refractivity (Wildman–Crippen MR) is 86.0 cm³/mol. The Kier molecular flexibility index (Phi) is 5.64. The zero-order chi connectivity index (χ0) is 17.1. The summed E-state index contributed by atoms with van der Waals surface area (Å²) >= 11 is 0. The van der Waals surface area contributed by atoms with Crippen LogP contribution in [-0.4, -0.2) is 74.6 Å². The van der Waals surface area contributed by atoms with Gasteiger partial charge in [-0.3, -0.25) is 14.5 Å².